The van der Waals surface area contributed by atoms with Crippen LogP contribution < -0.4 is 0 Å². The van der Waals surface area contributed by atoms with Gasteiger partial charge in [-0.25, -0.2) is 0 Å². The van der Waals surface area contributed by atoms with Crippen molar-refractivity contribution in [2.24, 2.45) is 0 Å². The van der Waals surface area contributed by atoms with E-state index in [0.29, 0.717) is 19.1 Å². The fraction of sp³-hybridized carbons (Fsp3) is 0.500. The normalized spacial score (nSPS) is 12.7. The van der Waals surface area contributed by atoms with Gasteiger partial charge in [-0.2, -0.15) is 0 Å². The molecule has 1 N–H and O–H groups in total. The average molecular weight is 296 g/mol. The van der Waals surface area contributed by atoms with E-state index in [1.165, 1.54) is 0 Å². The van der Waals surface area contributed by atoms with Crippen LogP contribution in [0.1, 0.15) is 19.4 Å². The molecule has 20 heavy (non-hydrogen) atoms. The molecule has 0 saturated carbocycles. The van der Waals surface area contributed by atoms with Gasteiger partial charge < -0.3 is 9.84 Å². The van der Waals surface area contributed by atoms with Gasteiger partial charge in [-0.05, 0) is 25.5 Å². The van der Waals surface area contributed by atoms with Gasteiger partial charge in [0, 0.05) is 24.2 Å². The molecule has 0 bridgehead atoms. The van der Waals surface area contributed by atoms with E-state index in [0.717, 1.165) is 10.6 Å². The number of hydrogen-bond donors (Lipinski definition) is 1. The number of benzene rings is 1. The first kappa shape index (κ1) is 17.0. The Morgan fingerprint density at radius 2 is 2.10 bits per heavy atom. The second kappa shape index (κ2) is 8.99. The Morgan fingerprint density at radius 3 is 2.70 bits per heavy atom. The molecule has 0 fully saturated rings. The van der Waals surface area contributed by atoms with E-state index in [4.69, 9.17) is 22.8 Å². The zero-order chi connectivity index (χ0) is 15.0. The smallest absolute Gasteiger partial charge is 0.107 e. The highest BCUT2D eigenvalue weighted by Crippen LogP contribution is 2.18. The van der Waals surface area contributed by atoms with Crippen molar-refractivity contribution in [1.82, 2.24) is 4.90 Å². The quantitative estimate of drug-likeness (QED) is 0.591. The number of nitrogens with zero attached hydrogens (tertiary/aromatic N) is 1. The highest BCUT2D eigenvalue weighted by atomic mass is 35.5. The lowest BCUT2D eigenvalue weighted by atomic mass is 10.1. The van der Waals surface area contributed by atoms with Crippen LogP contribution in [0.3, 0.4) is 0 Å². The minimum Gasteiger partial charge on any atom is -0.389 e. The minimum atomic E-state index is -0.562. The number of terminal acetylenes is 1. The fourth-order valence-electron chi connectivity index (χ4n) is 1.88. The summed E-state index contributed by atoms with van der Waals surface area (Å²) in [6.07, 6.45) is 4.54. The summed E-state index contributed by atoms with van der Waals surface area (Å²) in [4.78, 5) is 2.16. The summed E-state index contributed by atoms with van der Waals surface area (Å²) >= 11 is 6.18. The Hall–Kier alpha value is -1.05. The topological polar surface area (TPSA) is 32.7 Å². The van der Waals surface area contributed by atoms with Crippen LogP contribution >= 0.6 is 11.6 Å². The lowest BCUT2D eigenvalue weighted by Crippen LogP contribution is -2.39. The van der Waals surface area contributed by atoms with Gasteiger partial charge in [0.15, 0.2) is 0 Å². The first-order valence-corrected chi connectivity index (χ1v) is 7.09. The highest BCUT2D eigenvalue weighted by Gasteiger charge is 2.16. The summed E-state index contributed by atoms with van der Waals surface area (Å²) in [6.45, 7) is 5.87. The molecule has 0 amide bonds. The van der Waals surface area contributed by atoms with Gasteiger partial charge in [0.05, 0.1) is 12.7 Å². The number of rotatable bonds is 8. The molecule has 1 rings (SSSR count). The van der Waals surface area contributed by atoms with Crippen molar-refractivity contribution in [3.8, 4) is 12.3 Å². The lowest BCUT2D eigenvalue weighted by Gasteiger charge is -2.29. The van der Waals surface area contributed by atoms with Crippen LogP contribution in [0.2, 0.25) is 5.02 Å². The predicted molar refractivity (Wildman–Crippen MR) is 82.7 cm³/mol. The van der Waals surface area contributed by atoms with Gasteiger partial charge in [0.25, 0.3) is 0 Å². The lowest BCUT2D eigenvalue weighted by molar-refractivity contribution is 0.0192. The van der Waals surface area contributed by atoms with Gasteiger partial charge in [-0.3, -0.25) is 4.90 Å². The Kier molecular flexibility index (Phi) is 7.64. The van der Waals surface area contributed by atoms with Crippen molar-refractivity contribution in [1.29, 1.82) is 0 Å². The van der Waals surface area contributed by atoms with Crippen LogP contribution in [-0.2, 0) is 11.3 Å². The molecule has 0 aliphatic carbocycles. The third kappa shape index (κ3) is 5.94. The van der Waals surface area contributed by atoms with E-state index in [-0.39, 0.29) is 13.2 Å². The average Bonchev–Trinajstić information content (AvgIpc) is 2.40. The van der Waals surface area contributed by atoms with E-state index >= 15 is 0 Å². The van der Waals surface area contributed by atoms with Gasteiger partial charge >= 0.3 is 0 Å². The molecule has 110 valence electrons. The van der Waals surface area contributed by atoms with Crippen LogP contribution in [-0.4, -0.2) is 41.9 Å². The third-order valence-electron chi connectivity index (χ3n) is 3.00. The van der Waals surface area contributed by atoms with Crippen molar-refractivity contribution < 1.29 is 9.84 Å². The molecule has 0 aliphatic heterocycles. The Morgan fingerprint density at radius 1 is 1.40 bits per heavy atom. The molecule has 1 atom stereocenters. The summed E-state index contributed by atoms with van der Waals surface area (Å²) < 4.78 is 5.16. The maximum atomic E-state index is 9.97. The molecule has 1 aromatic carbocycles. The number of ether oxygens (including phenoxy) is 1. The van der Waals surface area contributed by atoms with Crippen molar-refractivity contribution in [2.75, 3.05) is 19.8 Å². The molecular formula is C16H22ClNO2. The minimum absolute atomic E-state index is 0.225. The summed E-state index contributed by atoms with van der Waals surface area (Å²) in [5.74, 6) is 2.38. The van der Waals surface area contributed by atoms with Crippen LogP contribution in [0.15, 0.2) is 24.3 Å². The number of aliphatic hydroxyl groups is 1. The van der Waals surface area contributed by atoms with E-state index in [1.54, 1.807) is 0 Å². The molecule has 1 unspecified atom stereocenters. The fourth-order valence-corrected chi connectivity index (χ4v) is 2.08. The summed E-state index contributed by atoms with van der Waals surface area (Å²) in [5.41, 5.74) is 1.06. The Labute approximate surface area is 126 Å². The standard InChI is InChI=1S/C16H22ClNO2/c1-4-9-20-12-15(19)11-18(13(2)3)10-14-7-5-6-8-16(14)17/h1,5-8,13,15,19H,9-12H2,2-3H3. The van der Waals surface area contributed by atoms with Crippen molar-refractivity contribution in [3.05, 3.63) is 34.9 Å². The molecule has 0 radical (unpaired) electrons. The molecule has 3 nitrogen and oxygen atoms in total. The maximum Gasteiger partial charge on any atom is 0.107 e. The summed E-state index contributed by atoms with van der Waals surface area (Å²) in [7, 11) is 0. The van der Waals surface area contributed by atoms with Crippen LogP contribution in [0.25, 0.3) is 0 Å². The third-order valence-corrected chi connectivity index (χ3v) is 3.37. The van der Waals surface area contributed by atoms with E-state index in [9.17, 15) is 5.11 Å². The zero-order valence-corrected chi connectivity index (χ0v) is 12.8. The second-order valence-electron chi connectivity index (χ2n) is 4.99. The molecule has 0 aromatic heterocycles. The molecule has 0 heterocycles. The van der Waals surface area contributed by atoms with Gasteiger partial charge in [0.1, 0.15) is 6.61 Å². The molecular weight excluding hydrogens is 274 g/mol. The van der Waals surface area contributed by atoms with Gasteiger partial charge in [-0.1, -0.05) is 35.7 Å². The van der Waals surface area contributed by atoms with E-state index in [1.807, 2.05) is 24.3 Å². The Bertz CT molecular complexity index is 442. The molecule has 4 heteroatoms. The van der Waals surface area contributed by atoms with Crippen LogP contribution in [0.4, 0.5) is 0 Å². The van der Waals surface area contributed by atoms with Crippen LogP contribution in [0, 0.1) is 12.3 Å². The van der Waals surface area contributed by atoms with E-state index in [2.05, 4.69) is 24.7 Å². The zero-order valence-electron chi connectivity index (χ0n) is 12.1. The SMILES string of the molecule is C#CCOCC(O)CN(Cc1ccccc1Cl)C(C)C. The maximum absolute atomic E-state index is 9.97. The van der Waals surface area contributed by atoms with Crippen LogP contribution in [0.5, 0.6) is 0 Å². The molecule has 0 aliphatic rings. The van der Waals surface area contributed by atoms with Gasteiger partial charge in [0.2, 0.25) is 0 Å². The van der Waals surface area contributed by atoms with Crippen molar-refractivity contribution in [3.63, 3.8) is 0 Å². The second-order valence-corrected chi connectivity index (χ2v) is 5.39. The largest absolute Gasteiger partial charge is 0.389 e. The number of aliphatic hydroxyl groups excluding tert-OH is 1. The predicted octanol–water partition coefficient (Wildman–Crippen LogP) is 2.56. The first-order chi connectivity index (χ1) is 9.54. The molecule has 1 aromatic rings. The van der Waals surface area contributed by atoms with Crippen molar-refractivity contribution in [2.45, 2.75) is 32.5 Å². The number of hydrogen-bond acceptors (Lipinski definition) is 3. The summed E-state index contributed by atoms with van der Waals surface area (Å²) in [5, 5.41) is 10.7. The Balaban J connectivity index is 2.57. The highest BCUT2D eigenvalue weighted by molar-refractivity contribution is 6.31. The van der Waals surface area contributed by atoms with E-state index < -0.39 is 6.10 Å². The van der Waals surface area contributed by atoms with Crippen molar-refractivity contribution >= 4 is 11.6 Å². The molecule has 0 saturated heterocycles. The summed E-state index contributed by atoms with van der Waals surface area (Å²) in [6, 6.07) is 8.05. The van der Waals surface area contributed by atoms with Gasteiger partial charge in [-0.15, -0.1) is 6.42 Å². The number of halogens is 1. The first-order valence-electron chi connectivity index (χ1n) is 6.71. The monoisotopic (exact) mass is 295 g/mol. The molecule has 0 spiro atoms.